The third kappa shape index (κ3) is 3.32. The standard InChI is InChI=1S/C25H40O5/c1-14-17-11-16-12-18(26)15(2)20(23(16,3)4)21-22(30-24(5,6)29-21)25(17,7)10-9-19(14)28-13-27-8/h16-19,21-22,26H,1,9-13H2,2-8H3/t16-,17-,18+,19+,21-,22+,25-/m1/s1. The quantitative estimate of drug-likeness (QED) is 0.534. The maximum Gasteiger partial charge on any atom is 0.164 e. The van der Waals surface area contributed by atoms with Crippen LogP contribution in [0.4, 0.5) is 0 Å². The van der Waals surface area contributed by atoms with Crippen molar-refractivity contribution in [2.45, 2.75) is 97.4 Å². The Hall–Kier alpha value is -0.720. The zero-order chi connectivity index (χ0) is 22.1. The number of hydrogen-bond acceptors (Lipinski definition) is 5. The van der Waals surface area contributed by atoms with Crippen molar-refractivity contribution in [3.8, 4) is 0 Å². The van der Waals surface area contributed by atoms with Crippen molar-refractivity contribution in [2.24, 2.45) is 22.7 Å². The van der Waals surface area contributed by atoms with Gasteiger partial charge in [0.15, 0.2) is 5.79 Å². The van der Waals surface area contributed by atoms with Gasteiger partial charge in [-0.2, -0.15) is 0 Å². The number of ether oxygens (including phenoxy) is 4. The van der Waals surface area contributed by atoms with Crippen LogP contribution in [0.1, 0.15) is 67.2 Å². The minimum absolute atomic E-state index is 0.00427. The van der Waals surface area contributed by atoms with Crippen molar-refractivity contribution < 1.29 is 24.1 Å². The van der Waals surface area contributed by atoms with E-state index >= 15 is 0 Å². The largest absolute Gasteiger partial charge is 0.389 e. The lowest BCUT2D eigenvalue weighted by Gasteiger charge is -2.57. The van der Waals surface area contributed by atoms with Gasteiger partial charge in [-0.1, -0.05) is 27.4 Å². The summed E-state index contributed by atoms with van der Waals surface area (Å²) in [6.07, 6.45) is 3.03. The average Bonchev–Trinajstić information content (AvgIpc) is 2.97. The van der Waals surface area contributed by atoms with Crippen LogP contribution in [0.2, 0.25) is 0 Å². The monoisotopic (exact) mass is 420 g/mol. The molecule has 5 heteroatoms. The maximum atomic E-state index is 11.0. The summed E-state index contributed by atoms with van der Waals surface area (Å²) >= 11 is 0. The van der Waals surface area contributed by atoms with Gasteiger partial charge in [-0.25, -0.2) is 0 Å². The molecule has 2 saturated carbocycles. The number of hydrogen-bond donors (Lipinski definition) is 1. The molecule has 1 N–H and O–H groups in total. The first-order valence-corrected chi connectivity index (χ1v) is 11.5. The Morgan fingerprint density at radius 2 is 1.83 bits per heavy atom. The highest BCUT2D eigenvalue weighted by molar-refractivity contribution is 5.36. The normalized spacial score (nSPS) is 44.9. The zero-order valence-electron chi connectivity index (χ0n) is 19.8. The number of rotatable bonds is 3. The second-order valence-corrected chi connectivity index (χ2v) is 11.2. The van der Waals surface area contributed by atoms with Gasteiger partial charge >= 0.3 is 0 Å². The van der Waals surface area contributed by atoms with E-state index in [2.05, 4.69) is 34.3 Å². The van der Waals surface area contributed by atoms with Crippen LogP contribution in [0, 0.1) is 22.7 Å². The molecule has 1 heterocycles. The predicted molar refractivity (Wildman–Crippen MR) is 116 cm³/mol. The molecule has 5 nitrogen and oxygen atoms in total. The summed E-state index contributed by atoms with van der Waals surface area (Å²) in [4.78, 5) is 0. The summed E-state index contributed by atoms with van der Waals surface area (Å²) < 4.78 is 24.4. The van der Waals surface area contributed by atoms with E-state index in [0.29, 0.717) is 5.92 Å². The summed E-state index contributed by atoms with van der Waals surface area (Å²) in [5.74, 6) is -0.0598. The van der Waals surface area contributed by atoms with Crippen LogP contribution >= 0.6 is 0 Å². The fourth-order valence-corrected chi connectivity index (χ4v) is 6.92. The lowest BCUT2D eigenvalue weighted by Crippen LogP contribution is -2.56. The smallest absolute Gasteiger partial charge is 0.164 e. The SMILES string of the molecule is C=C1[C@@H](OCOC)CC[C@]2(C)[C@@H]1C[C@@H]1C[C@H](O)C(C)=C([C@H]3OC(C)(C)O[C@@H]32)C1(C)C. The molecule has 3 fully saturated rings. The highest BCUT2D eigenvalue weighted by atomic mass is 16.8. The molecule has 30 heavy (non-hydrogen) atoms. The molecular weight excluding hydrogens is 380 g/mol. The summed E-state index contributed by atoms with van der Waals surface area (Å²) in [6.45, 7) is 17.9. The Balaban J connectivity index is 1.82. The van der Waals surface area contributed by atoms with Gasteiger partial charge in [0, 0.05) is 12.5 Å². The Labute approximate surface area is 181 Å². The summed E-state index contributed by atoms with van der Waals surface area (Å²) in [7, 11) is 1.66. The van der Waals surface area contributed by atoms with Crippen molar-refractivity contribution in [3.05, 3.63) is 23.3 Å². The van der Waals surface area contributed by atoms with Crippen LogP contribution in [-0.4, -0.2) is 49.2 Å². The molecular formula is C25H40O5. The molecule has 4 aliphatic rings. The van der Waals surface area contributed by atoms with Gasteiger partial charge in [-0.15, -0.1) is 0 Å². The summed E-state index contributed by atoms with van der Waals surface area (Å²) in [6, 6.07) is 0. The van der Waals surface area contributed by atoms with Crippen molar-refractivity contribution in [2.75, 3.05) is 13.9 Å². The highest BCUT2D eigenvalue weighted by Crippen LogP contribution is 2.62. The zero-order valence-corrected chi connectivity index (χ0v) is 19.8. The minimum atomic E-state index is -0.654. The van der Waals surface area contributed by atoms with E-state index in [9.17, 15) is 5.11 Å². The molecule has 0 amide bonds. The van der Waals surface area contributed by atoms with Crippen molar-refractivity contribution in [1.82, 2.24) is 0 Å². The first kappa shape index (κ1) is 22.5. The second kappa shape index (κ2) is 7.41. The van der Waals surface area contributed by atoms with E-state index in [4.69, 9.17) is 18.9 Å². The van der Waals surface area contributed by atoms with Crippen molar-refractivity contribution in [3.63, 3.8) is 0 Å². The number of aliphatic hydroxyl groups excluding tert-OH is 1. The van der Waals surface area contributed by atoms with Gasteiger partial charge in [0.1, 0.15) is 12.9 Å². The van der Waals surface area contributed by atoms with Crippen LogP contribution in [0.5, 0.6) is 0 Å². The van der Waals surface area contributed by atoms with E-state index in [0.717, 1.165) is 36.8 Å². The topological polar surface area (TPSA) is 57.2 Å². The van der Waals surface area contributed by atoms with Gasteiger partial charge in [0.05, 0.1) is 18.3 Å². The number of methoxy groups -OCH3 is 1. The summed E-state index contributed by atoms with van der Waals surface area (Å²) in [5.41, 5.74) is 3.31. The highest BCUT2D eigenvalue weighted by Gasteiger charge is 2.62. The molecule has 0 spiro atoms. The fraction of sp³-hybridized carbons (Fsp3) is 0.840. The molecule has 4 rings (SSSR count). The van der Waals surface area contributed by atoms with Gasteiger partial charge in [-0.3, -0.25) is 0 Å². The minimum Gasteiger partial charge on any atom is -0.389 e. The number of aliphatic hydroxyl groups is 1. The molecule has 0 aromatic carbocycles. The van der Waals surface area contributed by atoms with Gasteiger partial charge in [-0.05, 0) is 80.4 Å². The van der Waals surface area contributed by atoms with E-state index in [-0.39, 0.29) is 41.9 Å². The van der Waals surface area contributed by atoms with Gasteiger partial charge < -0.3 is 24.1 Å². The Kier molecular flexibility index (Phi) is 5.55. The Morgan fingerprint density at radius 1 is 1.13 bits per heavy atom. The molecule has 170 valence electrons. The molecule has 1 saturated heterocycles. The van der Waals surface area contributed by atoms with E-state index in [1.807, 2.05) is 13.8 Å². The van der Waals surface area contributed by atoms with Crippen LogP contribution in [0.25, 0.3) is 0 Å². The van der Waals surface area contributed by atoms with Gasteiger partial charge in [0.2, 0.25) is 0 Å². The second-order valence-electron chi connectivity index (χ2n) is 11.2. The van der Waals surface area contributed by atoms with E-state index in [1.165, 1.54) is 5.57 Å². The third-order valence-corrected chi connectivity index (χ3v) is 8.69. The molecule has 0 aromatic rings. The molecule has 0 unspecified atom stereocenters. The fourth-order valence-electron chi connectivity index (χ4n) is 6.92. The molecule has 3 aliphatic carbocycles. The lowest BCUT2D eigenvalue weighted by molar-refractivity contribution is -0.165. The van der Waals surface area contributed by atoms with Crippen molar-refractivity contribution in [1.29, 1.82) is 0 Å². The molecule has 7 atom stereocenters. The van der Waals surface area contributed by atoms with E-state index in [1.54, 1.807) is 7.11 Å². The maximum absolute atomic E-state index is 11.0. The average molecular weight is 421 g/mol. The summed E-state index contributed by atoms with van der Waals surface area (Å²) in [5, 5.41) is 11.0. The third-order valence-electron chi connectivity index (χ3n) is 8.69. The molecule has 1 aliphatic heterocycles. The molecule has 0 aromatic heterocycles. The van der Waals surface area contributed by atoms with Crippen LogP contribution in [-0.2, 0) is 18.9 Å². The van der Waals surface area contributed by atoms with Crippen LogP contribution < -0.4 is 0 Å². The van der Waals surface area contributed by atoms with Gasteiger partial charge in [0.25, 0.3) is 0 Å². The first-order valence-electron chi connectivity index (χ1n) is 11.5. The van der Waals surface area contributed by atoms with Crippen LogP contribution in [0.15, 0.2) is 23.3 Å². The van der Waals surface area contributed by atoms with Crippen LogP contribution in [0.3, 0.4) is 0 Å². The molecule has 2 bridgehead atoms. The lowest BCUT2D eigenvalue weighted by atomic mass is 9.50. The Morgan fingerprint density at radius 3 is 2.50 bits per heavy atom. The molecule has 0 radical (unpaired) electrons. The Bertz CT molecular complexity index is 738. The predicted octanol–water partition coefficient (Wildman–Crippen LogP) is 4.60. The number of fused-ring (bicyclic) bond motifs is 6. The van der Waals surface area contributed by atoms with Crippen molar-refractivity contribution >= 4 is 0 Å². The van der Waals surface area contributed by atoms with E-state index < -0.39 is 11.9 Å². The first-order chi connectivity index (χ1) is 13.9.